The Bertz CT molecular complexity index is 1480. The highest BCUT2D eigenvalue weighted by Crippen LogP contribution is 2.36. The van der Waals surface area contributed by atoms with Gasteiger partial charge in [0.25, 0.3) is 0 Å². The monoisotopic (exact) mass is 644 g/mol. The van der Waals surface area contributed by atoms with Crippen molar-refractivity contribution in [2.75, 3.05) is 18.9 Å². The Morgan fingerprint density at radius 2 is 0.913 bits per heavy atom. The van der Waals surface area contributed by atoms with Crippen molar-refractivity contribution in [3.8, 4) is 0 Å². The summed E-state index contributed by atoms with van der Waals surface area (Å²) in [5, 5.41) is 13.9. The molecule has 0 bridgehead atoms. The Hall–Kier alpha value is -3.12. The van der Waals surface area contributed by atoms with E-state index in [4.69, 9.17) is 0 Å². The number of rotatable bonds is 16. The van der Waals surface area contributed by atoms with Gasteiger partial charge in [-0.3, -0.25) is 0 Å². The Labute approximate surface area is 280 Å². The highest BCUT2D eigenvalue weighted by molar-refractivity contribution is 7.73. The predicted molar refractivity (Wildman–Crippen MR) is 205 cm³/mol. The molecule has 46 heavy (non-hydrogen) atoms. The largest absolute Gasteiger partial charge is 0.309 e. The molecule has 0 fully saturated rings. The van der Waals surface area contributed by atoms with E-state index >= 15 is 0 Å². The Kier molecular flexibility index (Phi) is 13.2. The quantitative estimate of drug-likeness (QED) is 0.106. The maximum Gasteiger partial charge on any atom is 0.0346 e. The highest BCUT2D eigenvalue weighted by atomic mass is 31.1. The average Bonchev–Trinajstić information content (AvgIpc) is 3.10. The summed E-state index contributed by atoms with van der Waals surface area (Å²) in [5.41, 5.74) is 2.82. The van der Waals surface area contributed by atoms with Gasteiger partial charge < -0.3 is 10.6 Å². The fourth-order valence-electron chi connectivity index (χ4n) is 6.18. The maximum absolute atomic E-state index is 4.05. The third-order valence-corrected chi connectivity index (χ3v) is 13.9. The molecule has 0 spiro atoms. The number of hydrogen-bond donors (Lipinski definition) is 2. The number of nitrogens with one attached hydrogen (secondary N) is 2. The molecule has 2 nitrogen and oxygen atoms in total. The van der Waals surface area contributed by atoms with Gasteiger partial charge in [-0.15, -0.1) is 0 Å². The van der Waals surface area contributed by atoms with Crippen LogP contribution < -0.4 is 31.9 Å². The van der Waals surface area contributed by atoms with Crippen molar-refractivity contribution in [2.24, 2.45) is 11.8 Å². The Morgan fingerprint density at radius 3 is 1.37 bits per heavy atom. The molecule has 4 heteroatoms. The lowest BCUT2D eigenvalue weighted by atomic mass is 9.91. The molecule has 0 unspecified atom stereocenters. The van der Waals surface area contributed by atoms with E-state index in [0.29, 0.717) is 23.9 Å². The van der Waals surface area contributed by atoms with Crippen LogP contribution in [0.15, 0.2) is 146 Å². The summed E-state index contributed by atoms with van der Waals surface area (Å²) in [7, 11) is -0.880. The molecule has 2 atom stereocenters. The highest BCUT2D eigenvalue weighted by Gasteiger charge is 2.24. The van der Waals surface area contributed by atoms with Crippen LogP contribution in [0.4, 0.5) is 0 Å². The molecule has 5 rings (SSSR count). The van der Waals surface area contributed by atoms with Crippen LogP contribution in [-0.2, 0) is 6.54 Å². The fourth-order valence-corrected chi connectivity index (χ4v) is 11.1. The van der Waals surface area contributed by atoms with Gasteiger partial charge in [0, 0.05) is 25.2 Å². The third kappa shape index (κ3) is 9.47. The fraction of sp³-hybridized carbons (Fsp3) is 0.286. The summed E-state index contributed by atoms with van der Waals surface area (Å²) in [6, 6.07) is 54.2. The second kappa shape index (κ2) is 17.7. The molecule has 0 aromatic heterocycles. The van der Waals surface area contributed by atoms with Crippen LogP contribution in [0.1, 0.15) is 44.9 Å². The molecule has 5 aromatic rings. The normalized spacial score (nSPS) is 13.0. The van der Waals surface area contributed by atoms with Crippen LogP contribution in [0.25, 0.3) is 0 Å². The lowest BCUT2D eigenvalue weighted by Gasteiger charge is -2.30. The van der Waals surface area contributed by atoms with E-state index in [1.165, 1.54) is 32.3 Å². The van der Waals surface area contributed by atoms with Gasteiger partial charge in [-0.25, -0.2) is 0 Å². The molecule has 0 amide bonds. The average molecular weight is 645 g/mol. The van der Waals surface area contributed by atoms with Crippen molar-refractivity contribution in [1.82, 2.24) is 10.6 Å². The standard InChI is InChI=1S/C42H50N2P2/c1-33(2)41(32-46(38-24-13-7-14-25-38)39-26-15-8-16-27-39)44-31-35-19-17-18-28-40(35)42(34(3)4)43-29-30-45(36-20-9-5-10-21-36)37-22-11-6-12-23-37/h5-28,33-34,41-44H,29-32H2,1-4H3/t41-,42-/m1/s1. The summed E-state index contributed by atoms with van der Waals surface area (Å²) >= 11 is 0. The van der Waals surface area contributed by atoms with Gasteiger partial charge in [-0.2, -0.15) is 0 Å². The smallest absolute Gasteiger partial charge is 0.0346 e. The first-order valence-electron chi connectivity index (χ1n) is 16.8. The minimum atomic E-state index is -0.460. The van der Waals surface area contributed by atoms with Crippen LogP contribution >= 0.6 is 15.8 Å². The van der Waals surface area contributed by atoms with E-state index in [-0.39, 0.29) is 0 Å². The molecule has 5 aromatic carbocycles. The van der Waals surface area contributed by atoms with Gasteiger partial charge in [0.15, 0.2) is 0 Å². The summed E-state index contributed by atoms with van der Waals surface area (Å²) in [6.45, 7) is 11.3. The first kappa shape index (κ1) is 34.2. The van der Waals surface area contributed by atoms with E-state index in [0.717, 1.165) is 25.4 Å². The summed E-state index contributed by atoms with van der Waals surface area (Å²) in [4.78, 5) is 0. The SMILES string of the molecule is CC(C)[C@@H](CP(c1ccccc1)c1ccccc1)NCc1ccccc1[C@H](NCCP(c1ccccc1)c1ccccc1)C(C)C. The molecular formula is C42H50N2P2. The maximum atomic E-state index is 4.05. The molecule has 0 radical (unpaired) electrons. The van der Waals surface area contributed by atoms with Crippen molar-refractivity contribution in [3.63, 3.8) is 0 Å². The number of benzene rings is 5. The first-order chi connectivity index (χ1) is 22.5. The third-order valence-electron chi connectivity index (χ3n) is 8.77. The van der Waals surface area contributed by atoms with Crippen molar-refractivity contribution in [2.45, 2.75) is 46.3 Å². The van der Waals surface area contributed by atoms with Crippen LogP contribution in [0.2, 0.25) is 0 Å². The zero-order valence-corrected chi connectivity index (χ0v) is 29.7. The topological polar surface area (TPSA) is 24.1 Å². The predicted octanol–water partition coefficient (Wildman–Crippen LogP) is 8.35. The van der Waals surface area contributed by atoms with Crippen LogP contribution in [-0.4, -0.2) is 24.9 Å². The van der Waals surface area contributed by atoms with Gasteiger partial charge in [-0.05, 0) is 72.3 Å². The summed E-state index contributed by atoms with van der Waals surface area (Å²) < 4.78 is 0. The van der Waals surface area contributed by atoms with Crippen LogP contribution in [0, 0.1) is 11.8 Å². The van der Waals surface area contributed by atoms with Gasteiger partial charge in [-0.1, -0.05) is 173 Å². The number of hydrogen-bond acceptors (Lipinski definition) is 2. The van der Waals surface area contributed by atoms with E-state index in [9.17, 15) is 0 Å². The van der Waals surface area contributed by atoms with Crippen LogP contribution in [0.5, 0.6) is 0 Å². The molecular weight excluding hydrogens is 594 g/mol. The Morgan fingerprint density at radius 1 is 0.478 bits per heavy atom. The Balaban J connectivity index is 1.30. The molecule has 0 saturated heterocycles. The van der Waals surface area contributed by atoms with Gasteiger partial charge in [0.1, 0.15) is 0 Å². The van der Waals surface area contributed by atoms with Crippen LogP contribution in [0.3, 0.4) is 0 Å². The minimum absolute atomic E-state index is 0.296. The zero-order valence-electron chi connectivity index (χ0n) is 27.9. The molecule has 0 aliphatic heterocycles. The summed E-state index contributed by atoms with van der Waals surface area (Å²) in [5.74, 6) is 1.00. The van der Waals surface area contributed by atoms with E-state index < -0.39 is 15.8 Å². The van der Waals surface area contributed by atoms with Crippen molar-refractivity contribution >= 4 is 37.1 Å². The molecule has 0 heterocycles. The lowest BCUT2D eigenvalue weighted by Crippen LogP contribution is -2.38. The van der Waals surface area contributed by atoms with E-state index in [1.54, 1.807) is 0 Å². The van der Waals surface area contributed by atoms with Crippen molar-refractivity contribution in [1.29, 1.82) is 0 Å². The van der Waals surface area contributed by atoms with Gasteiger partial charge >= 0.3 is 0 Å². The molecule has 238 valence electrons. The molecule has 0 aliphatic rings. The second-order valence-electron chi connectivity index (χ2n) is 12.7. The summed E-state index contributed by atoms with van der Waals surface area (Å²) in [6.07, 6.45) is 2.24. The lowest BCUT2D eigenvalue weighted by molar-refractivity contribution is 0.409. The molecule has 2 N–H and O–H groups in total. The van der Waals surface area contributed by atoms with E-state index in [2.05, 4.69) is 184 Å². The molecule has 0 aliphatic carbocycles. The zero-order chi connectivity index (χ0) is 32.1. The van der Waals surface area contributed by atoms with Gasteiger partial charge in [0.05, 0.1) is 0 Å². The first-order valence-corrected chi connectivity index (χ1v) is 19.9. The minimum Gasteiger partial charge on any atom is -0.309 e. The van der Waals surface area contributed by atoms with Gasteiger partial charge in [0.2, 0.25) is 0 Å². The van der Waals surface area contributed by atoms with Crippen molar-refractivity contribution in [3.05, 3.63) is 157 Å². The molecule has 0 saturated carbocycles. The van der Waals surface area contributed by atoms with Crippen molar-refractivity contribution < 1.29 is 0 Å². The second-order valence-corrected chi connectivity index (χ2v) is 17.3. The van der Waals surface area contributed by atoms with E-state index in [1.807, 2.05) is 0 Å².